The van der Waals surface area contributed by atoms with Crippen LogP contribution in [-0.2, 0) is 11.3 Å². The van der Waals surface area contributed by atoms with Crippen LogP contribution in [0.4, 0.5) is 5.13 Å². The third-order valence-corrected chi connectivity index (χ3v) is 6.78. The summed E-state index contributed by atoms with van der Waals surface area (Å²) in [4.78, 5) is 31.8. The predicted molar refractivity (Wildman–Crippen MR) is 142 cm³/mol. The van der Waals surface area contributed by atoms with Crippen molar-refractivity contribution < 1.29 is 14.7 Å². The Hall–Kier alpha value is -3.71. The lowest BCUT2D eigenvalue weighted by molar-refractivity contribution is -0.137. The number of carboxylic acid groups (broad SMARTS) is 1. The third kappa shape index (κ3) is 6.05. The fraction of sp³-hybridized carbons (Fsp3) is 0.250. The van der Waals surface area contributed by atoms with Crippen molar-refractivity contribution in [1.82, 2.24) is 9.88 Å². The van der Waals surface area contributed by atoms with E-state index >= 15 is 0 Å². The van der Waals surface area contributed by atoms with Crippen LogP contribution >= 0.6 is 11.3 Å². The molecule has 0 fully saturated rings. The number of carbonyl (C=O) groups excluding carboxylic acids is 1. The molecule has 1 heterocycles. The molecule has 0 spiro atoms. The van der Waals surface area contributed by atoms with Crippen LogP contribution in [0, 0.1) is 0 Å². The van der Waals surface area contributed by atoms with Gasteiger partial charge in [-0.25, -0.2) is 4.98 Å². The van der Waals surface area contributed by atoms with E-state index < -0.39 is 5.97 Å². The molecule has 1 N–H and O–H groups in total. The van der Waals surface area contributed by atoms with Crippen LogP contribution in [0.5, 0.6) is 0 Å². The molecular weight excluding hydrogens is 458 g/mol. The molecule has 0 saturated heterocycles. The summed E-state index contributed by atoms with van der Waals surface area (Å²) < 4.78 is 0. The molecule has 6 nitrogen and oxygen atoms in total. The average molecular weight is 488 g/mol. The van der Waals surface area contributed by atoms with Gasteiger partial charge in [-0.2, -0.15) is 0 Å². The molecule has 0 radical (unpaired) electrons. The van der Waals surface area contributed by atoms with Crippen molar-refractivity contribution in [3.8, 4) is 11.3 Å². The Morgan fingerprint density at radius 2 is 1.74 bits per heavy atom. The van der Waals surface area contributed by atoms with Crippen LogP contribution in [0.1, 0.15) is 35.7 Å². The highest BCUT2D eigenvalue weighted by Crippen LogP contribution is 2.30. The minimum absolute atomic E-state index is 0.304. The molecule has 0 saturated carbocycles. The SMILES string of the molecule is CCCCN(Cc1ccc(C(=O)N(C)CC(=O)O)cc1)c1nc(-c2ccc3ccccc3c2)cs1. The quantitative estimate of drug-likeness (QED) is 0.300. The molecule has 0 bridgehead atoms. The monoisotopic (exact) mass is 487 g/mol. The molecular formula is C28H29N3O3S. The number of hydrogen-bond acceptors (Lipinski definition) is 5. The molecule has 4 aromatic rings. The van der Waals surface area contributed by atoms with Crippen LogP contribution in [-0.4, -0.2) is 47.0 Å². The van der Waals surface area contributed by atoms with Crippen LogP contribution in [0.3, 0.4) is 0 Å². The molecule has 3 aromatic carbocycles. The highest BCUT2D eigenvalue weighted by atomic mass is 32.1. The lowest BCUT2D eigenvalue weighted by Crippen LogP contribution is -2.31. The number of hydrogen-bond donors (Lipinski definition) is 1. The number of unbranched alkanes of at least 4 members (excludes halogenated alkanes) is 1. The smallest absolute Gasteiger partial charge is 0.323 e. The van der Waals surface area contributed by atoms with Gasteiger partial charge < -0.3 is 14.9 Å². The van der Waals surface area contributed by atoms with E-state index in [2.05, 4.69) is 47.5 Å². The van der Waals surface area contributed by atoms with E-state index in [9.17, 15) is 9.59 Å². The fourth-order valence-electron chi connectivity index (χ4n) is 3.95. The number of anilines is 1. The summed E-state index contributed by atoms with van der Waals surface area (Å²) in [6.07, 6.45) is 2.14. The van der Waals surface area contributed by atoms with Gasteiger partial charge in [-0.15, -0.1) is 11.3 Å². The number of aliphatic carboxylic acids is 1. The van der Waals surface area contributed by atoms with E-state index in [-0.39, 0.29) is 12.5 Å². The lowest BCUT2D eigenvalue weighted by Gasteiger charge is -2.22. The number of carboxylic acids is 1. The maximum absolute atomic E-state index is 12.4. The molecule has 0 atom stereocenters. The molecule has 35 heavy (non-hydrogen) atoms. The number of fused-ring (bicyclic) bond motifs is 1. The van der Waals surface area contributed by atoms with Gasteiger partial charge in [0.2, 0.25) is 0 Å². The van der Waals surface area contributed by atoms with Crippen molar-refractivity contribution in [3.05, 3.63) is 83.2 Å². The standard InChI is InChI=1S/C28H29N3O3S/c1-3-4-15-31(17-20-9-11-22(12-10-20)27(34)30(2)18-26(32)33)28-29-25(19-35-28)24-14-13-21-7-5-6-8-23(21)16-24/h5-14,16,19H,3-4,15,17-18H2,1-2H3,(H,32,33). The summed E-state index contributed by atoms with van der Waals surface area (Å²) in [6.45, 7) is 3.43. The fourth-order valence-corrected chi connectivity index (χ4v) is 4.81. The topological polar surface area (TPSA) is 73.7 Å². The summed E-state index contributed by atoms with van der Waals surface area (Å²) in [5.41, 5.74) is 3.63. The van der Waals surface area contributed by atoms with Gasteiger partial charge >= 0.3 is 5.97 Å². The predicted octanol–water partition coefficient (Wildman–Crippen LogP) is 5.93. The third-order valence-electron chi connectivity index (χ3n) is 5.88. The Morgan fingerprint density at radius 1 is 1.00 bits per heavy atom. The maximum Gasteiger partial charge on any atom is 0.323 e. The zero-order valence-corrected chi connectivity index (χ0v) is 20.8. The number of nitrogens with zero attached hydrogens (tertiary/aromatic N) is 3. The van der Waals surface area contributed by atoms with Gasteiger partial charge in [0.15, 0.2) is 5.13 Å². The molecule has 0 aliphatic rings. The van der Waals surface area contributed by atoms with Gasteiger partial charge in [-0.05, 0) is 41.0 Å². The van der Waals surface area contributed by atoms with E-state index in [1.54, 1.807) is 23.5 Å². The highest BCUT2D eigenvalue weighted by Gasteiger charge is 2.16. The zero-order chi connectivity index (χ0) is 24.8. The van der Waals surface area contributed by atoms with E-state index in [0.717, 1.165) is 41.3 Å². The van der Waals surface area contributed by atoms with Crippen molar-refractivity contribution in [2.75, 3.05) is 25.0 Å². The first-order valence-electron chi connectivity index (χ1n) is 11.7. The van der Waals surface area contributed by atoms with Crippen LogP contribution in [0.15, 0.2) is 72.1 Å². The molecule has 7 heteroatoms. The summed E-state index contributed by atoms with van der Waals surface area (Å²) in [5, 5.41) is 14.4. The lowest BCUT2D eigenvalue weighted by atomic mass is 10.1. The molecule has 180 valence electrons. The van der Waals surface area contributed by atoms with E-state index in [4.69, 9.17) is 10.1 Å². The Balaban J connectivity index is 1.51. The van der Waals surface area contributed by atoms with Gasteiger partial charge in [-0.3, -0.25) is 9.59 Å². The van der Waals surface area contributed by atoms with E-state index in [1.807, 2.05) is 24.3 Å². The number of rotatable bonds is 10. The van der Waals surface area contributed by atoms with Crippen molar-refractivity contribution in [2.24, 2.45) is 0 Å². The Bertz CT molecular complexity index is 1320. The second kappa shape index (κ2) is 11.1. The van der Waals surface area contributed by atoms with E-state index in [0.29, 0.717) is 12.1 Å². The van der Waals surface area contributed by atoms with Crippen molar-refractivity contribution in [2.45, 2.75) is 26.3 Å². The minimum atomic E-state index is -1.03. The second-order valence-corrected chi connectivity index (χ2v) is 9.44. The molecule has 1 amide bonds. The first-order chi connectivity index (χ1) is 16.9. The largest absolute Gasteiger partial charge is 0.480 e. The van der Waals surface area contributed by atoms with Crippen molar-refractivity contribution >= 4 is 39.1 Å². The normalized spacial score (nSPS) is 10.9. The Kier molecular flexibility index (Phi) is 7.77. The summed E-state index contributed by atoms with van der Waals surface area (Å²) in [5.74, 6) is -1.34. The number of likely N-dealkylation sites (N-methyl/N-ethyl adjacent to an activating group) is 1. The molecule has 0 aliphatic heterocycles. The summed E-state index contributed by atoms with van der Waals surface area (Å²) in [6, 6.07) is 22.1. The van der Waals surface area contributed by atoms with E-state index in [1.165, 1.54) is 22.7 Å². The molecule has 4 rings (SSSR count). The first-order valence-corrected chi connectivity index (χ1v) is 12.6. The number of benzene rings is 3. The zero-order valence-electron chi connectivity index (χ0n) is 20.0. The first kappa shape index (κ1) is 24.4. The van der Waals surface area contributed by atoms with Crippen molar-refractivity contribution in [3.63, 3.8) is 0 Å². The van der Waals surface area contributed by atoms with Gasteiger partial charge in [-0.1, -0.05) is 61.9 Å². The van der Waals surface area contributed by atoms with Gasteiger partial charge in [0.05, 0.1) is 5.69 Å². The minimum Gasteiger partial charge on any atom is -0.480 e. The van der Waals surface area contributed by atoms with Crippen LogP contribution in [0.2, 0.25) is 0 Å². The van der Waals surface area contributed by atoms with Crippen LogP contribution < -0.4 is 4.90 Å². The summed E-state index contributed by atoms with van der Waals surface area (Å²) in [7, 11) is 1.49. The number of amides is 1. The van der Waals surface area contributed by atoms with Gasteiger partial charge in [0.1, 0.15) is 6.54 Å². The molecule has 0 aliphatic carbocycles. The van der Waals surface area contributed by atoms with Crippen molar-refractivity contribution in [1.29, 1.82) is 0 Å². The highest BCUT2D eigenvalue weighted by molar-refractivity contribution is 7.14. The summed E-state index contributed by atoms with van der Waals surface area (Å²) >= 11 is 1.64. The Labute approximate surface area is 209 Å². The average Bonchev–Trinajstić information content (AvgIpc) is 3.36. The Morgan fingerprint density at radius 3 is 2.46 bits per heavy atom. The number of aromatic nitrogens is 1. The maximum atomic E-state index is 12.4. The molecule has 1 aromatic heterocycles. The van der Waals surface area contributed by atoms with Gasteiger partial charge in [0, 0.05) is 36.6 Å². The molecule has 0 unspecified atom stereocenters. The number of thiazole rings is 1. The van der Waals surface area contributed by atoms with Crippen LogP contribution in [0.25, 0.3) is 22.0 Å². The van der Waals surface area contributed by atoms with Gasteiger partial charge in [0.25, 0.3) is 5.91 Å². The number of carbonyl (C=O) groups is 2. The second-order valence-electron chi connectivity index (χ2n) is 8.60.